The average Bonchev–Trinajstić information content (AvgIpc) is 3.31. The van der Waals surface area contributed by atoms with Crippen molar-refractivity contribution in [1.29, 1.82) is 0 Å². The molecule has 158 valence electrons. The van der Waals surface area contributed by atoms with Gasteiger partial charge in [0.1, 0.15) is 29.0 Å². The molecule has 1 N–H and O–H groups in total. The lowest BCUT2D eigenvalue weighted by atomic mass is 10.0. The van der Waals surface area contributed by atoms with Gasteiger partial charge < -0.3 is 9.47 Å². The molecule has 0 fully saturated rings. The SMILES string of the molecule is COCCOc1ccc(-c2ccc(-c3nnc(-c4ccc(COO)cc4)s3)cc2)cc1. The summed E-state index contributed by atoms with van der Waals surface area (Å²) in [5.74, 6) is 0.829. The van der Waals surface area contributed by atoms with E-state index in [4.69, 9.17) is 14.7 Å². The highest BCUT2D eigenvalue weighted by Gasteiger charge is 2.09. The molecule has 0 atom stereocenters. The monoisotopic (exact) mass is 434 g/mol. The molecule has 0 unspecified atom stereocenters. The maximum atomic E-state index is 8.55. The van der Waals surface area contributed by atoms with E-state index in [1.54, 1.807) is 18.4 Å². The zero-order chi connectivity index (χ0) is 21.5. The summed E-state index contributed by atoms with van der Waals surface area (Å²) in [7, 11) is 1.66. The molecule has 0 spiro atoms. The molecule has 0 saturated heterocycles. The zero-order valence-electron chi connectivity index (χ0n) is 17.0. The van der Waals surface area contributed by atoms with Gasteiger partial charge in [0.15, 0.2) is 0 Å². The highest BCUT2D eigenvalue weighted by molar-refractivity contribution is 7.17. The van der Waals surface area contributed by atoms with Gasteiger partial charge in [0.2, 0.25) is 0 Å². The van der Waals surface area contributed by atoms with Crippen LogP contribution in [0.3, 0.4) is 0 Å². The van der Waals surface area contributed by atoms with Crippen LogP contribution in [0.15, 0.2) is 72.8 Å². The Balaban J connectivity index is 1.45. The van der Waals surface area contributed by atoms with Gasteiger partial charge in [0, 0.05) is 18.2 Å². The second kappa shape index (κ2) is 10.3. The van der Waals surface area contributed by atoms with E-state index in [1.165, 1.54) is 0 Å². The summed E-state index contributed by atoms with van der Waals surface area (Å²) in [6.45, 7) is 1.27. The Morgan fingerprint density at radius 3 is 1.77 bits per heavy atom. The van der Waals surface area contributed by atoms with Crippen molar-refractivity contribution in [2.24, 2.45) is 0 Å². The van der Waals surface area contributed by atoms with Crippen LogP contribution in [0.4, 0.5) is 0 Å². The highest BCUT2D eigenvalue weighted by atomic mass is 32.1. The van der Waals surface area contributed by atoms with Crippen molar-refractivity contribution in [1.82, 2.24) is 10.2 Å². The van der Waals surface area contributed by atoms with Crippen LogP contribution in [0.25, 0.3) is 32.3 Å². The van der Waals surface area contributed by atoms with Crippen molar-refractivity contribution in [3.63, 3.8) is 0 Å². The minimum absolute atomic E-state index is 0.164. The van der Waals surface area contributed by atoms with Crippen LogP contribution >= 0.6 is 11.3 Å². The van der Waals surface area contributed by atoms with Gasteiger partial charge >= 0.3 is 0 Å². The fourth-order valence-electron chi connectivity index (χ4n) is 3.07. The molecule has 3 aromatic carbocycles. The van der Waals surface area contributed by atoms with Crippen LogP contribution in [-0.2, 0) is 16.2 Å². The number of rotatable bonds is 9. The molecule has 0 saturated carbocycles. The van der Waals surface area contributed by atoms with Gasteiger partial charge in [-0.1, -0.05) is 72.0 Å². The summed E-state index contributed by atoms with van der Waals surface area (Å²) in [6, 6.07) is 24.0. The van der Waals surface area contributed by atoms with Crippen LogP contribution in [0, 0.1) is 0 Å². The number of benzene rings is 3. The number of hydrogen-bond acceptors (Lipinski definition) is 7. The van der Waals surface area contributed by atoms with Gasteiger partial charge in [-0.3, -0.25) is 5.26 Å². The van der Waals surface area contributed by atoms with Crippen molar-refractivity contribution < 1.29 is 19.6 Å². The molecule has 1 aromatic heterocycles. The molecule has 0 bridgehead atoms. The minimum Gasteiger partial charge on any atom is -0.491 e. The lowest BCUT2D eigenvalue weighted by Gasteiger charge is -2.07. The van der Waals surface area contributed by atoms with E-state index in [2.05, 4.69) is 39.4 Å². The molecular formula is C24H22N2O4S. The van der Waals surface area contributed by atoms with Crippen LogP contribution in [0.1, 0.15) is 5.56 Å². The van der Waals surface area contributed by atoms with E-state index in [-0.39, 0.29) is 6.61 Å². The Morgan fingerprint density at radius 1 is 0.710 bits per heavy atom. The van der Waals surface area contributed by atoms with Crippen LogP contribution in [0.5, 0.6) is 5.75 Å². The van der Waals surface area contributed by atoms with E-state index in [9.17, 15) is 0 Å². The first-order chi connectivity index (χ1) is 15.3. The summed E-state index contributed by atoms with van der Waals surface area (Å²) in [6.07, 6.45) is 0. The van der Waals surface area contributed by atoms with E-state index in [0.29, 0.717) is 13.2 Å². The first-order valence-corrected chi connectivity index (χ1v) is 10.6. The van der Waals surface area contributed by atoms with Gasteiger partial charge in [0.25, 0.3) is 0 Å². The Kier molecular flexibility index (Phi) is 7.01. The van der Waals surface area contributed by atoms with Crippen LogP contribution in [0.2, 0.25) is 0 Å². The van der Waals surface area contributed by atoms with Crippen LogP contribution in [-0.4, -0.2) is 35.8 Å². The number of nitrogens with zero attached hydrogens (tertiary/aromatic N) is 2. The Morgan fingerprint density at radius 2 is 1.23 bits per heavy atom. The fourth-order valence-corrected chi connectivity index (χ4v) is 3.92. The lowest BCUT2D eigenvalue weighted by Crippen LogP contribution is -2.03. The summed E-state index contributed by atoms with van der Waals surface area (Å²) in [5.41, 5.74) is 5.14. The van der Waals surface area contributed by atoms with Crippen molar-refractivity contribution in [3.8, 4) is 38.0 Å². The predicted molar refractivity (Wildman–Crippen MR) is 121 cm³/mol. The van der Waals surface area contributed by atoms with Gasteiger partial charge in [-0.15, -0.1) is 10.2 Å². The van der Waals surface area contributed by atoms with Crippen molar-refractivity contribution >= 4 is 11.3 Å². The number of hydrogen-bond donors (Lipinski definition) is 1. The smallest absolute Gasteiger partial charge is 0.148 e. The molecule has 0 radical (unpaired) electrons. The molecule has 31 heavy (non-hydrogen) atoms. The van der Waals surface area contributed by atoms with Gasteiger partial charge in [-0.25, -0.2) is 4.89 Å². The molecule has 4 rings (SSSR count). The molecule has 1 heterocycles. The Labute approximate surface area is 184 Å². The summed E-state index contributed by atoms with van der Waals surface area (Å²) < 4.78 is 10.6. The molecular weight excluding hydrogens is 412 g/mol. The minimum atomic E-state index is 0.164. The summed E-state index contributed by atoms with van der Waals surface area (Å²) in [4.78, 5) is 4.17. The standard InChI is InChI=1S/C24H22N2O4S/c1-28-14-15-29-22-12-10-19(11-13-22)18-6-8-21(9-7-18)24-26-25-23(31-24)20-4-2-17(3-5-20)16-30-27/h2-13,27H,14-16H2,1H3. The largest absolute Gasteiger partial charge is 0.491 e. The van der Waals surface area contributed by atoms with Gasteiger partial charge in [0.05, 0.1) is 6.61 Å². The topological polar surface area (TPSA) is 73.7 Å². The molecule has 0 aliphatic heterocycles. The molecule has 7 heteroatoms. The average molecular weight is 435 g/mol. The maximum absolute atomic E-state index is 8.55. The van der Waals surface area contributed by atoms with Gasteiger partial charge in [-0.05, 0) is 28.8 Å². The number of methoxy groups -OCH3 is 1. The van der Waals surface area contributed by atoms with Gasteiger partial charge in [-0.2, -0.15) is 0 Å². The predicted octanol–water partition coefficient (Wildman–Crippen LogP) is 5.55. The quantitative estimate of drug-likeness (QED) is 0.211. The fraction of sp³-hybridized carbons (Fsp3) is 0.167. The molecule has 0 aliphatic rings. The lowest BCUT2D eigenvalue weighted by molar-refractivity contribution is -0.253. The Hall–Kier alpha value is -3.10. The molecule has 4 aromatic rings. The third kappa shape index (κ3) is 5.34. The van der Waals surface area contributed by atoms with E-state index in [0.717, 1.165) is 43.6 Å². The number of aromatic nitrogens is 2. The second-order valence-corrected chi connectivity index (χ2v) is 7.80. The van der Waals surface area contributed by atoms with E-state index >= 15 is 0 Å². The summed E-state index contributed by atoms with van der Waals surface area (Å²) in [5, 5.41) is 18.9. The molecule has 6 nitrogen and oxygen atoms in total. The van der Waals surface area contributed by atoms with Crippen molar-refractivity contribution in [2.75, 3.05) is 20.3 Å². The molecule has 0 aliphatic carbocycles. The third-order valence-electron chi connectivity index (χ3n) is 4.73. The van der Waals surface area contributed by atoms with Crippen molar-refractivity contribution in [2.45, 2.75) is 6.61 Å². The van der Waals surface area contributed by atoms with E-state index < -0.39 is 0 Å². The van der Waals surface area contributed by atoms with E-state index in [1.807, 2.05) is 48.5 Å². The molecule has 0 amide bonds. The maximum Gasteiger partial charge on any atom is 0.148 e. The Bertz CT molecular complexity index is 1090. The normalized spacial score (nSPS) is 10.9. The van der Waals surface area contributed by atoms with Crippen molar-refractivity contribution in [3.05, 3.63) is 78.4 Å². The first-order valence-electron chi connectivity index (χ1n) is 9.78. The van der Waals surface area contributed by atoms with Crippen LogP contribution < -0.4 is 4.74 Å². The zero-order valence-corrected chi connectivity index (χ0v) is 17.8. The first kappa shape index (κ1) is 21.1. The summed E-state index contributed by atoms with van der Waals surface area (Å²) >= 11 is 1.54. The highest BCUT2D eigenvalue weighted by Crippen LogP contribution is 2.31. The second-order valence-electron chi connectivity index (χ2n) is 6.83. The number of ether oxygens (including phenoxy) is 2. The third-order valence-corrected chi connectivity index (χ3v) is 5.75.